The van der Waals surface area contributed by atoms with E-state index >= 15 is 0 Å². The Morgan fingerprint density at radius 3 is 2.44 bits per heavy atom. The van der Waals surface area contributed by atoms with Crippen molar-refractivity contribution in [3.63, 3.8) is 0 Å². The normalized spacial score (nSPS) is 14.0. The van der Waals surface area contributed by atoms with E-state index < -0.39 is 5.82 Å². The number of para-hydroxylation sites is 1. The summed E-state index contributed by atoms with van der Waals surface area (Å²) in [5.74, 6) is 0.618. The zero-order chi connectivity index (χ0) is 19.1. The summed E-state index contributed by atoms with van der Waals surface area (Å²) >= 11 is 0. The van der Waals surface area contributed by atoms with Crippen LogP contribution in [-0.4, -0.2) is 57.4 Å². The van der Waals surface area contributed by atoms with E-state index in [1.54, 1.807) is 30.2 Å². The minimum absolute atomic E-state index is 0.124. The molecule has 0 unspecified atom stereocenters. The Labute approximate surface area is 158 Å². The molecular formula is C20H24FN3O3. The lowest BCUT2D eigenvalue weighted by Gasteiger charge is -2.36. The van der Waals surface area contributed by atoms with Crippen LogP contribution in [0.25, 0.3) is 0 Å². The van der Waals surface area contributed by atoms with Crippen LogP contribution in [0.1, 0.15) is 0 Å². The Kier molecular flexibility index (Phi) is 6.35. The first-order valence-corrected chi connectivity index (χ1v) is 8.96. The van der Waals surface area contributed by atoms with Crippen molar-refractivity contribution in [2.24, 2.45) is 0 Å². The van der Waals surface area contributed by atoms with Gasteiger partial charge in [-0.15, -0.1) is 0 Å². The maximum atomic E-state index is 13.5. The molecule has 1 N–H and O–H groups in total. The number of anilines is 1. The van der Waals surface area contributed by atoms with Gasteiger partial charge >= 0.3 is 6.03 Å². The first-order chi connectivity index (χ1) is 13.2. The largest absolute Gasteiger partial charge is 0.497 e. The number of carbonyl (C=O) groups is 1. The number of amides is 2. The highest BCUT2D eigenvalue weighted by molar-refractivity contribution is 5.74. The van der Waals surface area contributed by atoms with Crippen molar-refractivity contribution in [1.82, 2.24) is 10.2 Å². The maximum absolute atomic E-state index is 13.5. The maximum Gasteiger partial charge on any atom is 0.317 e. The number of nitrogens with zero attached hydrogens (tertiary/aromatic N) is 2. The molecule has 0 bridgehead atoms. The molecule has 2 amide bonds. The number of ether oxygens (including phenoxy) is 2. The van der Waals surface area contributed by atoms with Gasteiger partial charge in [0.25, 0.3) is 0 Å². The third kappa shape index (κ3) is 5.03. The first kappa shape index (κ1) is 18.8. The average Bonchev–Trinajstić information content (AvgIpc) is 2.72. The Hall–Kier alpha value is -2.96. The molecule has 1 aliphatic heterocycles. The van der Waals surface area contributed by atoms with E-state index in [2.05, 4.69) is 10.2 Å². The van der Waals surface area contributed by atoms with Crippen molar-refractivity contribution in [3.05, 3.63) is 54.3 Å². The number of hydrogen-bond acceptors (Lipinski definition) is 4. The van der Waals surface area contributed by atoms with Crippen LogP contribution in [0, 0.1) is 5.82 Å². The van der Waals surface area contributed by atoms with Gasteiger partial charge in [-0.2, -0.15) is 0 Å². The summed E-state index contributed by atoms with van der Waals surface area (Å²) in [6.45, 7) is 3.37. The van der Waals surface area contributed by atoms with E-state index in [0.717, 1.165) is 24.5 Å². The molecule has 7 heteroatoms. The molecule has 0 saturated carbocycles. The molecule has 1 aliphatic rings. The zero-order valence-electron chi connectivity index (χ0n) is 15.4. The molecular weight excluding hydrogens is 349 g/mol. The highest BCUT2D eigenvalue weighted by Gasteiger charge is 2.21. The number of nitrogens with one attached hydrogen (secondary N) is 1. The van der Waals surface area contributed by atoms with Crippen molar-refractivity contribution in [2.75, 3.05) is 51.3 Å². The number of hydrogen-bond donors (Lipinski definition) is 1. The lowest BCUT2D eigenvalue weighted by molar-refractivity contribution is 0.191. The number of methoxy groups -OCH3 is 1. The molecule has 27 heavy (non-hydrogen) atoms. The molecule has 1 heterocycles. The summed E-state index contributed by atoms with van der Waals surface area (Å²) in [5.41, 5.74) is 1.12. The molecule has 0 spiro atoms. The van der Waals surface area contributed by atoms with Gasteiger partial charge in [0, 0.05) is 31.9 Å². The van der Waals surface area contributed by atoms with Crippen LogP contribution in [0.5, 0.6) is 11.5 Å². The van der Waals surface area contributed by atoms with Gasteiger partial charge in [-0.25, -0.2) is 9.18 Å². The smallest absolute Gasteiger partial charge is 0.317 e. The monoisotopic (exact) mass is 373 g/mol. The number of urea groups is 1. The zero-order valence-corrected chi connectivity index (χ0v) is 15.4. The van der Waals surface area contributed by atoms with Crippen molar-refractivity contribution >= 4 is 11.7 Å². The van der Waals surface area contributed by atoms with E-state index in [4.69, 9.17) is 9.47 Å². The van der Waals surface area contributed by atoms with Crippen LogP contribution in [0.4, 0.5) is 14.9 Å². The van der Waals surface area contributed by atoms with Gasteiger partial charge in [0.2, 0.25) is 0 Å². The second kappa shape index (κ2) is 9.12. The van der Waals surface area contributed by atoms with Crippen LogP contribution >= 0.6 is 0 Å². The van der Waals surface area contributed by atoms with Crippen LogP contribution in [0.2, 0.25) is 0 Å². The fourth-order valence-electron chi connectivity index (χ4n) is 2.95. The molecule has 0 atom stereocenters. The van der Waals surface area contributed by atoms with E-state index in [-0.39, 0.29) is 18.4 Å². The Morgan fingerprint density at radius 1 is 1.07 bits per heavy atom. The van der Waals surface area contributed by atoms with Gasteiger partial charge in [-0.3, -0.25) is 0 Å². The van der Waals surface area contributed by atoms with Crippen molar-refractivity contribution in [3.8, 4) is 11.5 Å². The molecule has 1 saturated heterocycles. The summed E-state index contributed by atoms with van der Waals surface area (Å²) < 4.78 is 24.0. The fourth-order valence-corrected chi connectivity index (χ4v) is 2.95. The average molecular weight is 373 g/mol. The first-order valence-electron chi connectivity index (χ1n) is 8.96. The highest BCUT2D eigenvalue weighted by Crippen LogP contribution is 2.20. The Bertz CT molecular complexity index is 746. The van der Waals surface area contributed by atoms with E-state index in [9.17, 15) is 9.18 Å². The predicted molar refractivity (Wildman–Crippen MR) is 102 cm³/mol. The summed E-state index contributed by atoms with van der Waals surface area (Å²) in [4.78, 5) is 16.3. The van der Waals surface area contributed by atoms with Crippen molar-refractivity contribution in [1.29, 1.82) is 0 Å². The number of halogens is 1. The molecule has 3 rings (SSSR count). The number of benzene rings is 2. The summed E-state index contributed by atoms with van der Waals surface area (Å²) in [6.07, 6.45) is 0. The lowest BCUT2D eigenvalue weighted by atomic mass is 10.2. The molecule has 1 fully saturated rings. The van der Waals surface area contributed by atoms with Crippen molar-refractivity contribution in [2.45, 2.75) is 0 Å². The second-order valence-corrected chi connectivity index (χ2v) is 6.18. The van der Waals surface area contributed by atoms with Gasteiger partial charge in [0.15, 0.2) is 11.6 Å². The third-order valence-electron chi connectivity index (χ3n) is 4.48. The molecule has 0 radical (unpaired) electrons. The summed E-state index contributed by atoms with van der Waals surface area (Å²) in [5, 5.41) is 2.82. The molecule has 2 aromatic rings. The molecule has 2 aromatic carbocycles. The predicted octanol–water partition coefficient (Wildman–Crippen LogP) is 2.74. The quantitative estimate of drug-likeness (QED) is 0.791. The third-order valence-corrected chi connectivity index (χ3v) is 4.48. The number of carbonyl (C=O) groups excluding carboxylic acids is 1. The topological polar surface area (TPSA) is 54.0 Å². The minimum atomic E-state index is -0.404. The fraction of sp³-hybridized carbons (Fsp3) is 0.350. The highest BCUT2D eigenvalue weighted by atomic mass is 19.1. The Balaban J connectivity index is 1.38. The van der Waals surface area contributed by atoms with Gasteiger partial charge in [0.1, 0.15) is 12.4 Å². The molecule has 144 valence electrons. The lowest BCUT2D eigenvalue weighted by Crippen LogP contribution is -2.52. The second-order valence-electron chi connectivity index (χ2n) is 6.18. The van der Waals surface area contributed by atoms with Gasteiger partial charge in [-0.05, 0) is 36.4 Å². The molecule has 0 aromatic heterocycles. The van der Waals surface area contributed by atoms with Crippen LogP contribution in [-0.2, 0) is 0 Å². The van der Waals surface area contributed by atoms with Gasteiger partial charge in [0.05, 0.1) is 13.7 Å². The van der Waals surface area contributed by atoms with E-state index in [0.29, 0.717) is 19.6 Å². The summed E-state index contributed by atoms with van der Waals surface area (Å²) in [7, 11) is 1.65. The van der Waals surface area contributed by atoms with Gasteiger partial charge in [-0.1, -0.05) is 12.1 Å². The Morgan fingerprint density at radius 2 is 1.78 bits per heavy atom. The standard InChI is InChI=1S/C20H24FN3O3/c1-26-17-8-6-16(7-9-17)23-11-13-24(14-12-23)20(25)22-10-15-27-19-5-3-2-4-18(19)21/h2-9H,10-15H2,1H3,(H,22,25). The minimum Gasteiger partial charge on any atom is -0.497 e. The molecule has 0 aliphatic carbocycles. The SMILES string of the molecule is COc1ccc(N2CCN(C(=O)NCCOc3ccccc3F)CC2)cc1. The number of piperazine rings is 1. The number of rotatable bonds is 6. The van der Waals surface area contributed by atoms with Crippen LogP contribution < -0.4 is 19.7 Å². The van der Waals surface area contributed by atoms with Crippen molar-refractivity contribution < 1.29 is 18.7 Å². The van der Waals surface area contributed by atoms with Gasteiger partial charge < -0.3 is 24.6 Å². The summed E-state index contributed by atoms with van der Waals surface area (Å²) in [6, 6.07) is 14.0. The molecule has 6 nitrogen and oxygen atoms in total. The van der Waals surface area contributed by atoms with Crippen LogP contribution in [0.15, 0.2) is 48.5 Å². The van der Waals surface area contributed by atoms with E-state index in [1.165, 1.54) is 6.07 Å². The van der Waals surface area contributed by atoms with Crippen LogP contribution in [0.3, 0.4) is 0 Å². The van der Waals surface area contributed by atoms with E-state index in [1.807, 2.05) is 24.3 Å².